The number of benzene rings is 1. The summed E-state index contributed by atoms with van der Waals surface area (Å²) < 4.78 is 26.0. The third-order valence-corrected chi connectivity index (χ3v) is 3.15. The lowest BCUT2D eigenvalue weighted by molar-refractivity contribution is 0.101. The van der Waals surface area contributed by atoms with E-state index in [0.29, 0.717) is 0 Å². The van der Waals surface area contributed by atoms with Crippen molar-refractivity contribution >= 4 is 17.5 Å². The van der Waals surface area contributed by atoms with E-state index in [2.05, 4.69) is 6.92 Å². The van der Waals surface area contributed by atoms with Gasteiger partial charge in [-0.2, -0.15) is 11.8 Å². The Bertz CT molecular complexity index is 366. The van der Waals surface area contributed by atoms with Crippen molar-refractivity contribution in [2.45, 2.75) is 19.8 Å². The minimum Gasteiger partial charge on any atom is -0.293 e. The topological polar surface area (TPSA) is 17.1 Å². The molecule has 0 fully saturated rings. The second kappa shape index (κ2) is 6.63. The first-order valence-electron chi connectivity index (χ1n) is 5.21. The molecule has 0 radical (unpaired) electrons. The molecule has 1 aromatic rings. The van der Waals surface area contributed by atoms with Crippen LogP contribution in [0.5, 0.6) is 0 Å². The normalized spacial score (nSPS) is 10.4. The zero-order valence-corrected chi connectivity index (χ0v) is 9.95. The summed E-state index contributed by atoms with van der Waals surface area (Å²) in [6.45, 7) is 2.06. The predicted octanol–water partition coefficient (Wildman–Crippen LogP) is 3.68. The Morgan fingerprint density at radius 1 is 1.38 bits per heavy atom. The Hall–Kier alpha value is -0.900. The summed E-state index contributed by atoms with van der Waals surface area (Å²) in [4.78, 5) is 11.6. The minimum atomic E-state index is -0.650. The number of Topliss-reactive ketones (excluding diaryl/α,β-unsaturated/α-hetero) is 1. The molecule has 88 valence electrons. The second-order valence-electron chi connectivity index (χ2n) is 3.45. The lowest BCUT2D eigenvalue weighted by atomic mass is 10.1. The zero-order chi connectivity index (χ0) is 12.0. The molecule has 0 bridgehead atoms. The number of rotatable bonds is 6. The molecule has 4 heteroatoms. The first kappa shape index (κ1) is 13.2. The maximum absolute atomic E-state index is 13.2. The Kier molecular flexibility index (Phi) is 5.46. The van der Waals surface area contributed by atoms with Gasteiger partial charge in [-0.15, -0.1) is 0 Å². The number of carbonyl (C=O) groups excluding carboxylic acids is 1. The fraction of sp³-hybridized carbons (Fsp3) is 0.417. The maximum atomic E-state index is 13.2. The highest BCUT2D eigenvalue weighted by Crippen LogP contribution is 2.14. The number of thioether (sulfide) groups is 1. The molecule has 16 heavy (non-hydrogen) atoms. The molecule has 0 aliphatic carbocycles. The van der Waals surface area contributed by atoms with Gasteiger partial charge in [0.05, 0.1) is 11.3 Å². The van der Waals surface area contributed by atoms with Crippen molar-refractivity contribution in [1.82, 2.24) is 0 Å². The first-order valence-corrected chi connectivity index (χ1v) is 6.36. The van der Waals surface area contributed by atoms with Gasteiger partial charge in [-0.05, 0) is 30.4 Å². The molecule has 1 aromatic carbocycles. The number of ketones is 1. The molecule has 0 aromatic heterocycles. The number of halogens is 2. The Balaban J connectivity index is 2.55. The lowest BCUT2D eigenvalue weighted by Crippen LogP contribution is -2.06. The molecule has 0 amide bonds. The van der Waals surface area contributed by atoms with E-state index in [4.69, 9.17) is 0 Å². The molecule has 0 spiro atoms. The number of carbonyl (C=O) groups is 1. The fourth-order valence-corrected chi connectivity index (χ4v) is 2.18. The molecule has 0 saturated carbocycles. The highest BCUT2D eigenvalue weighted by molar-refractivity contribution is 7.99. The predicted molar refractivity (Wildman–Crippen MR) is 62.9 cm³/mol. The van der Waals surface area contributed by atoms with Crippen molar-refractivity contribution in [3.05, 3.63) is 35.4 Å². The van der Waals surface area contributed by atoms with E-state index in [9.17, 15) is 13.6 Å². The third-order valence-electron chi connectivity index (χ3n) is 2.10. The van der Waals surface area contributed by atoms with Crippen molar-refractivity contribution < 1.29 is 13.6 Å². The molecular weight excluding hydrogens is 230 g/mol. The van der Waals surface area contributed by atoms with Crippen LogP contribution in [-0.4, -0.2) is 17.3 Å². The number of hydrogen-bond acceptors (Lipinski definition) is 2. The van der Waals surface area contributed by atoms with Crippen LogP contribution in [0.2, 0.25) is 0 Å². The quantitative estimate of drug-likeness (QED) is 0.561. The summed E-state index contributed by atoms with van der Waals surface area (Å²) >= 11 is 1.46. The van der Waals surface area contributed by atoms with E-state index < -0.39 is 11.6 Å². The smallest absolute Gasteiger partial charge is 0.175 e. The van der Waals surface area contributed by atoms with Crippen LogP contribution in [0, 0.1) is 11.6 Å². The SMILES string of the molecule is CCCCSCC(=O)c1cc(F)ccc1F. The fourth-order valence-electron chi connectivity index (χ4n) is 1.20. The van der Waals surface area contributed by atoms with Gasteiger partial charge in [0.15, 0.2) is 5.78 Å². The Morgan fingerprint density at radius 3 is 2.81 bits per heavy atom. The number of hydrogen-bond donors (Lipinski definition) is 0. The number of unbranched alkanes of at least 4 members (excludes halogenated alkanes) is 1. The zero-order valence-electron chi connectivity index (χ0n) is 9.13. The molecule has 0 N–H and O–H groups in total. The van der Waals surface area contributed by atoms with Gasteiger partial charge in [-0.25, -0.2) is 8.78 Å². The largest absolute Gasteiger partial charge is 0.293 e. The van der Waals surface area contributed by atoms with Gasteiger partial charge < -0.3 is 0 Å². The summed E-state index contributed by atoms with van der Waals surface area (Å²) in [5, 5.41) is 0. The first-order chi connectivity index (χ1) is 7.65. The average Bonchev–Trinajstić information content (AvgIpc) is 2.27. The van der Waals surface area contributed by atoms with E-state index >= 15 is 0 Å². The van der Waals surface area contributed by atoms with Crippen molar-refractivity contribution in [3.8, 4) is 0 Å². The summed E-state index contributed by atoms with van der Waals surface area (Å²) in [6.07, 6.45) is 2.10. The molecule has 0 heterocycles. The third kappa shape index (κ3) is 3.93. The highest BCUT2D eigenvalue weighted by Gasteiger charge is 2.12. The average molecular weight is 244 g/mol. The van der Waals surface area contributed by atoms with Gasteiger partial charge in [0.25, 0.3) is 0 Å². The van der Waals surface area contributed by atoms with Crippen LogP contribution < -0.4 is 0 Å². The van der Waals surface area contributed by atoms with Crippen molar-refractivity contribution in [3.63, 3.8) is 0 Å². The molecule has 1 rings (SSSR count). The van der Waals surface area contributed by atoms with Crippen LogP contribution >= 0.6 is 11.8 Å². The van der Waals surface area contributed by atoms with Crippen LogP contribution in [0.3, 0.4) is 0 Å². The van der Waals surface area contributed by atoms with E-state index in [0.717, 1.165) is 36.8 Å². The van der Waals surface area contributed by atoms with E-state index in [1.54, 1.807) is 0 Å². The standard InChI is InChI=1S/C12H14F2OS/c1-2-3-6-16-8-12(15)10-7-9(13)4-5-11(10)14/h4-5,7H,2-3,6,8H2,1H3. The van der Waals surface area contributed by atoms with Crippen molar-refractivity contribution in [2.75, 3.05) is 11.5 Å². The minimum absolute atomic E-state index is 0.149. The molecule has 0 saturated heterocycles. The summed E-state index contributed by atoms with van der Waals surface area (Å²) in [5.41, 5.74) is -0.149. The van der Waals surface area contributed by atoms with Crippen LogP contribution in [-0.2, 0) is 0 Å². The maximum Gasteiger partial charge on any atom is 0.175 e. The molecular formula is C12H14F2OS. The van der Waals surface area contributed by atoms with Gasteiger partial charge in [0.2, 0.25) is 0 Å². The van der Waals surface area contributed by atoms with Crippen LogP contribution in [0.4, 0.5) is 8.78 Å². The van der Waals surface area contributed by atoms with Crippen LogP contribution in [0.15, 0.2) is 18.2 Å². The van der Waals surface area contributed by atoms with Gasteiger partial charge in [0.1, 0.15) is 11.6 Å². The molecule has 1 nitrogen and oxygen atoms in total. The van der Waals surface area contributed by atoms with Crippen LogP contribution in [0.1, 0.15) is 30.1 Å². The Morgan fingerprint density at radius 2 is 2.12 bits per heavy atom. The molecule has 0 aliphatic heterocycles. The van der Waals surface area contributed by atoms with Crippen molar-refractivity contribution in [1.29, 1.82) is 0 Å². The van der Waals surface area contributed by atoms with Gasteiger partial charge in [-0.3, -0.25) is 4.79 Å². The summed E-state index contributed by atoms with van der Waals surface area (Å²) in [6, 6.07) is 2.95. The van der Waals surface area contributed by atoms with E-state index in [-0.39, 0.29) is 17.1 Å². The van der Waals surface area contributed by atoms with Crippen molar-refractivity contribution in [2.24, 2.45) is 0 Å². The van der Waals surface area contributed by atoms with Gasteiger partial charge in [-0.1, -0.05) is 13.3 Å². The lowest BCUT2D eigenvalue weighted by Gasteiger charge is -2.02. The van der Waals surface area contributed by atoms with E-state index in [1.807, 2.05) is 0 Å². The molecule has 0 unspecified atom stereocenters. The van der Waals surface area contributed by atoms with Gasteiger partial charge in [0, 0.05) is 0 Å². The summed E-state index contributed by atoms with van der Waals surface area (Å²) in [5.74, 6) is -0.497. The van der Waals surface area contributed by atoms with Crippen LogP contribution in [0.25, 0.3) is 0 Å². The van der Waals surface area contributed by atoms with Gasteiger partial charge >= 0.3 is 0 Å². The molecule has 0 aliphatic rings. The monoisotopic (exact) mass is 244 g/mol. The molecule has 0 atom stereocenters. The van der Waals surface area contributed by atoms with E-state index in [1.165, 1.54) is 11.8 Å². The highest BCUT2D eigenvalue weighted by atomic mass is 32.2. The second-order valence-corrected chi connectivity index (χ2v) is 4.56. The summed E-state index contributed by atoms with van der Waals surface area (Å²) in [7, 11) is 0. The Labute approximate surface area is 98.2 Å².